The van der Waals surface area contributed by atoms with Crippen molar-refractivity contribution in [2.75, 3.05) is 7.05 Å². The van der Waals surface area contributed by atoms with Gasteiger partial charge in [-0.1, -0.05) is 0 Å². The molecule has 2 bridgehead atoms. The lowest BCUT2D eigenvalue weighted by atomic mass is 9.80. The highest BCUT2D eigenvalue weighted by atomic mass is 16.5. The smallest absolute Gasteiger partial charge is 0.333 e. The van der Waals surface area contributed by atoms with Crippen molar-refractivity contribution >= 4 is 22.8 Å². The first-order valence-electron chi connectivity index (χ1n) is 9.04. The Bertz CT molecular complexity index is 933. The molecule has 2 aromatic rings. The minimum Gasteiger partial charge on any atom is -0.490 e. The number of aromatic amines is 1. The molecule has 4 rings (SSSR count). The van der Waals surface area contributed by atoms with Crippen molar-refractivity contribution < 1.29 is 24.5 Å². The molecule has 0 spiro atoms. The van der Waals surface area contributed by atoms with Crippen LogP contribution < -0.4 is 4.74 Å². The third-order valence-corrected chi connectivity index (χ3v) is 6.04. The highest BCUT2D eigenvalue weighted by molar-refractivity contribution is 5.96. The van der Waals surface area contributed by atoms with E-state index in [0.717, 1.165) is 35.6 Å². The van der Waals surface area contributed by atoms with Gasteiger partial charge in [-0.05, 0) is 50.6 Å². The summed E-state index contributed by atoms with van der Waals surface area (Å²) in [5, 5.41) is 19.9. The number of fused-ring (bicyclic) bond motifs is 3. The molecule has 2 saturated heterocycles. The van der Waals surface area contributed by atoms with Crippen molar-refractivity contribution in [1.82, 2.24) is 9.88 Å². The van der Waals surface area contributed by atoms with Gasteiger partial charge in [-0.25, -0.2) is 9.59 Å². The summed E-state index contributed by atoms with van der Waals surface area (Å²) in [6, 6.07) is 7.97. The molecule has 3 N–H and O–H groups in total. The Morgan fingerprint density at radius 2 is 2.15 bits per heavy atom. The number of hydrogen-bond acceptors (Lipinski definition) is 4. The summed E-state index contributed by atoms with van der Waals surface area (Å²) in [7, 11) is 1.89. The van der Waals surface area contributed by atoms with Crippen LogP contribution in [0.25, 0.3) is 10.9 Å². The molecule has 2 fully saturated rings. The molecule has 0 amide bonds. The molecular formula is C20H22N2O5. The Kier molecular flexibility index (Phi) is 4.19. The molecular weight excluding hydrogens is 348 g/mol. The predicted octanol–water partition coefficient (Wildman–Crippen LogP) is 2.64. The van der Waals surface area contributed by atoms with Crippen molar-refractivity contribution in [1.29, 1.82) is 0 Å². The highest BCUT2D eigenvalue weighted by Gasteiger charge is 2.54. The highest BCUT2D eigenvalue weighted by Crippen LogP contribution is 2.48. The van der Waals surface area contributed by atoms with E-state index in [-0.39, 0.29) is 17.7 Å². The number of carboxylic acids is 2. The molecule has 3 atom stereocenters. The molecule has 3 unspecified atom stereocenters. The fourth-order valence-electron chi connectivity index (χ4n) is 4.75. The summed E-state index contributed by atoms with van der Waals surface area (Å²) in [4.78, 5) is 28.2. The van der Waals surface area contributed by atoms with Gasteiger partial charge in [0, 0.05) is 35.6 Å². The first-order valence-corrected chi connectivity index (χ1v) is 9.04. The Hall–Kier alpha value is -2.80. The number of aromatic nitrogens is 1. The zero-order valence-electron chi connectivity index (χ0n) is 15.0. The first kappa shape index (κ1) is 17.6. The summed E-state index contributed by atoms with van der Waals surface area (Å²) in [6.07, 6.45) is 5.25. The number of carboxylic acid groups (broad SMARTS) is 2. The molecule has 1 aromatic carbocycles. The molecule has 1 aromatic heterocycles. The van der Waals surface area contributed by atoms with Crippen LogP contribution in [0, 0.1) is 0 Å². The van der Waals surface area contributed by atoms with Crippen molar-refractivity contribution in [2.24, 2.45) is 0 Å². The van der Waals surface area contributed by atoms with E-state index in [1.165, 1.54) is 0 Å². The number of carbonyl (C=O) groups is 2. The second kappa shape index (κ2) is 6.42. The van der Waals surface area contributed by atoms with Crippen molar-refractivity contribution in [2.45, 2.75) is 43.4 Å². The van der Waals surface area contributed by atoms with Crippen LogP contribution >= 0.6 is 0 Å². The average molecular weight is 370 g/mol. The summed E-state index contributed by atoms with van der Waals surface area (Å²) in [5.41, 5.74) is 0.157. The summed E-state index contributed by atoms with van der Waals surface area (Å²) in [6.45, 7) is 0. The number of rotatable bonds is 5. The predicted molar refractivity (Wildman–Crippen MR) is 98.8 cm³/mol. The number of ether oxygens (including phenoxy) is 1. The van der Waals surface area contributed by atoms with Gasteiger partial charge in [-0.3, -0.25) is 4.90 Å². The molecule has 0 radical (unpaired) electrons. The van der Waals surface area contributed by atoms with Crippen LogP contribution in [-0.4, -0.2) is 56.8 Å². The van der Waals surface area contributed by atoms with E-state index in [4.69, 9.17) is 9.84 Å². The van der Waals surface area contributed by atoms with E-state index < -0.39 is 17.5 Å². The van der Waals surface area contributed by atoms with Gasteiger partial charge in [0.05, 0.1) is 11.1 Å². The number of piperidine rings is 1. The maximum absolute atomic E-state index is 11.8. The largest absolute Gasteiger partial charge is 0.490 e. The van der Waals surface area contributed by atoms with E-state index in [1.807, 2.05) is 42.4 Å². The van der Waals surface area contributed by atoms with Crippen molar-refractivity contribution in [3.63, 3.8) is 0 Å². The Morgan fingerprint density at radius 1 is 1.33 bits per heavy atom. The van der Waals surface area contributed by atoms with Crippen LogP contribution in [0.1, 0.15) is 25.7 Å². The molecule has 3 heterocycles. The van der Waals surface area contributed by atoms with E-state index in [1.54, 1.807) is 0 Å². The third kappa shape index (κ3) is 2.98. The molecule has 0 aliphatic carbocycles. The summed E-state index contributed by atoms with van der Waals surface area (Å²) in [5.74, 6) is -1.68. The zero-order valence-corrected chi connectivity index (χ0v) is 15.0. The molecule has 7 heteroatoms. The lowest BCUT2D eigenvalue weighted by molar-refractivity contribution is -0.137. The Labute approximate surface area is 156 Å². The van der Waals surface area contributed by atoms with Crippen LogP contribution in [0.2, 0.25) is 0 Å². The standard InChI is InChI=1S/C20H22N2O5/c1-22-13-4-6-20(22,16(19(25)26)10-18(23)24)11-15(9-13)27-14-2-3-17-12(8-14)5-7-21-17/h2-3,5,7-8,10,13,15,21H,4,6,9,11H2,1H3,(H,23,24)(H,25,26)/b16-10-. The van der Waals surface area contributed by atoms with E-state index >= 15 is 0 Å². The van der Waals surface area contributed by atoms with Gasteiger partial charge in [0.15, 0.2) is 0 Å². The van der Waals surface area contributed by atoms with Crippen LogP contribution in [0.4, 0.5) is 0 Å². The summed E-state index contributed by atoms with van der Waals surface area (Å²) >= 11 is 0. The second-order valence-electron chi connectivity index (χ2n) is 7.44. The van der Waals surface area contributed by atoms with Gasteiger partial charge in [0.25, 0.3) is 0 Å². The third-order valence-electron chi connectivity index (χ3n) is 6.04. The first-order chi connectivity index (χ1) is 12.9. The van der Waals surface area contributed by atoms with Gasteiger partial charge < -0.3 is 19.9 Å². The van der Waals surface area contributed by atoms with Gasteiger partial charge >= 0.3 is 11.9 Å². The van der Waals surface area contributed by atoms with Crippen LogP contribution in [-0.2, 0) is 9.59 Å². The van der Waals surface area contributed by atoms with Crippen LogP contribution in [0.5, 0.6) is 5.75 Å². The van der Waals surface area contributed by atoms with Crippen molar-refractivity contribution in [3.8, 4) is 5.75 Å². The van der Waals surface area contributed by atoms with E-state index in [9.17, 15) is 14.7 Å². The quantitative estimate of drug-likeness (QED) is 0.699. The fraction of sp³-hybridized carbons (Fsp3) is 0.400. The zero-order chi connectivity index (χ0) is 19.2. The van der Waals surface area contributed by atoms with Gasteiger partial charge in [-0.2, -0.15) is 0 Å². The summed E-state index contributed by atoms with van der Waals surface area (Å²) < 4.78 is 6.21. The maximum Gasteiger partial charge on any atom is 0.333 e. The number of nitrogens with zero attached hydrogens (tertiary/aromatic N) is 1. The number of aliphatic carboxylic acids is 2. The second-order valence-corrected chi connectivity index (χ2v) is 7.44. The van der Waals surface area contributed by atoms with Crippen LogP contribution in [0.3, 0.4) is 0 Å². The molecule has 7 nitrogen and oxygen atoms in total. The molecule has 27 heavy (non-hydrogen) atoms. The maximum atomic E-state index is 11.8. The van der Waals surface area contributed by atoms with Gasteiger partial charge in [0.1, 0.15) is 11.9 Å². The number of H-pyrrole nitrogens is 1. The number of nitrogens with one attached hydrogen (secondary N) is 1. The topological polar surface area (TPSA) is 103 Å². The molecule has 2 aliphatic rings. The minimum atomic E-state index is -1.24. The lowest BCUT2D eigenvalue weighted by Crippen LogP contribution is -2.55. The van der Waals surface area contributed by atoms with Gasteiger partial charge in [-0.15, -0.1) is 0 Å². The van der Waals surface area contributed by atoms with E-state index in [2.05, 4.69) is 4.98 Å². The Morgan fingerprint density at radius 3 is 2.89 bits per heavy atom. The molecule has 0 saturated carbocycles. The monoisotopic (exact) mass is 370 g/mol. The number of benzene rings is 1. The Balaban J connectivity index is 1.63. The SMILES string of the molecule is CN1C2CCC1(/C(=C\C(=O)O)C(=O)O)CC(Oc1ccc3[nH]ccc3c1)C2. The average Bonchev–Trinajstić information content (AvgIpc) is 3.13. The lowest BCUT2D eigenvalue weighted by Gasteiger charge is -2.45. The number of likely N-dealkylation sites (N-methyl/N-ethyl adjacent to an activating group) is 1. The normalized spacial score (nSPS) is 28.4. The van der Waals surface area contributed by atoms with Gasteiger partial charge in [0.2, 0.25) is 0 Å². The molecule has 142 valence electrons. The number of hydrogen-bond donors (Lipinski definition) is 3. The van der Waals surface area contributed by atoms with Crippen molar-refractivity contribution in [3.05, 3.63) is 42.1 Å². The minimum absolute atomic E-state index is 0.0608. The van der Waals surface area contributed by atoms with Crippen LogP contribution in [0.15, 0.2) is 42.1 Å². The fourth-order valence-corrected chi connectivity index (χ4v) is 4.75. The van der Waals surface area contributed by atoms with E-state index in [0.29, 0.717) is 12.8 Å². The molecule has 2 aliphatic heterocycles.